The molecule has 1 heterocycles. The Morgan fingerprint density at radius 1 is 1.03 bits per heavy atom. The van der Waals surface area contributed by atoms with E-state index in [1.807, 2.05) is 10.7 Å². The van der Waals surface area contributed by atoms with Crippen LogP contribution in [0.3, 0.4) is 0 Å². The average Bonchev–Trinajstić information content (AvgIpc) is 2.95. The highest BCUT2D eigenvalue weighted by atomic mass is 16.2. The van der Waals surface area contributed by atoms with E-state index in [9.17, 15) is 9.59 Å². The minimum Gasteiger partial charge on any atom is -0.333 e. The smallest absolute Gasteiger partial charge is 0.245 e. The Kier molecular flexibility index (Phi) is 9.15. The Balaban J connectivity index is 3.01. The molecule has 0 saturated heterocycles. The molecule has 1 aromatic heterocycles. The molecule has 0 radical (unpaired) electrons. The lowest BCUT2D eigenvalue weighted by Gasteiger charge is -2.28. The second-order valence-electron chi connectivity index (χ2n) is 13.0. The number of anilines is 1. The van der Waals surface area contributed by atoms with Crippen LogP contribution in [0.5, 0.6) is 0 Å². The van der Waals surface area contributed by atoms with Crippen molar-refractivity contribution >= 4 is 17.6 Å². The number of rotatable bonds is 8. The van der Waals surface area contributed by atoms with Crippen LogP contribution in [0.2, 0.25) is 0 Å². The molecular formula is C26H48N4O2. The summed E-state index contributed by atoms with van der Waals surface area (Å²) in [5.41, 5.74) is 0.699. The van der Waals surface area contributed by atoms with Crippen molar-refractivity contribution in [1.82, 2.24) is 14.7 Å². The number of carbonyl (C=O) groups excluding carboxylic acids is 2. The van der Waals surface area contributed by atoms with Gasteiger partial charge in [-0.1, -0.05) is 62.3 Å². The van der Waals surface area contributed by atoms with E-state index in [0.717, 1.165) is 12.1 Å². The first-order valence-corrected chi connectivity index (χ1v) is 12.0. The van der Waals surface area contributed by atoms with Crippen LogP contribution in [0.4, 0.5) is 5.82 Å². The van der Waals surface area contributed by atoms with Crippen LogP contribution in [-0.2, 0) is 20.5 Å². The Morgan fingerprint density at radius 3 is 2.03 bits per heavy atom. The standard InChI is InChI=1S/C26H48N4O2/c1-18(2)16-29(23(32)13-19(3)15-24(4,5)6)17-22(31)27-21-14-20(25(7,8)9)28-30(21)26(10,11)12/h14,18-19H,13,15-17H2,1-12H3,(H,27,31). The highest BCUT2D eigenvalue weighted by Gasteiger charge is 2.27. The largest absolute Gasteiger partial charge is 0.333 e. The minimum absolute atomic E-state index is 0.0466. The monoisotopic (exact) mass is 448 g/mol. The summed E-state index contributed by atoms with van der Waals surface area (Å²) in [6, 6.07) is 1.95. The van der Waals surface area contributed by atoms with Crippen LogP contribution >= 0.6 is 0 Å². The van der Waals surface area contributed by atoms with Crippen LogP contribution < -0.4 is 5.32 Å². The van der Waals surface area contributed by atoms with Gasteiger partial charge in [-0.25, -0.2) is 4.68 Å². The molecule has 0 spiro atoms. The van der Waals surface area contributed by atoms with Gasteiger partial charge < -0.3 is 10.2 Å². The summed E-state index contributed by atoms with van der Waals surface area (Å²) in [4.78, 5) is 27.8. The quantitative estimate of drug-likeness (QED) is 0.545. The molecule has 0 aliphatic carbocycles. The number of amides is 2. The molecular weight excluding hydrogens is 400 g/mol. The van der Waals surface area contributed by atoms with Gasteiger partial charge in [-0.05, 0) is 44.4 Å². The van der Waals surface area contributed by atoms with Crippen molar-refractivity contribution in [1.29, 1.82) is 0 Å². The van der Waals surface area contributed by atoms with Crippen molar-refractivity contribution in [2.45, 2.75) is 107 Å². The highest BCUT2D eigenvalue weighted by molar-refractivity contribution is 5.94. The summed E-state index contributed by atoms with van der Waals surface area (Å²) in [5, 5.41) is 7.79. The van der Waals surface area contributed by atoms with Crippen LogP contribution in [0, 0.1) is 17.3 Å². The fourth-order valence-electron chi connectivity index (χ4n) is 3.94. The van der Waals surface area contributed by atoms with Crippen molar-refractivity contribution in [2.24, 2.45) is 17.3 Å². The Hall–Kier alpha value is -1.85. The van der Waals surface area contributed by atoms with Crippen molar-refractivity contribution in [3.8, 4) is 0 Å². The van der Waals surface area contributed by atoms with Gasteiger partial charge in [0.2, 0.25) is 11.8 Å². The summed E-state index contributed by atoms with van der Waals surface area (Å²) in [7, 11) is 0. The number of carbonyl (C=O) groups is 2. The maximum absolute atomic E-state index is 13.1. The lowest BCUT2D eigenvalue weighted by molar-refractivity contribution is -0.136. The first-order valence-electron chi connectivity index (χ1n) is 12.0. The zero-order chi connectivity index (χ0) is 25.1. The molecule has 0 aliphatic heterocycles. The molecule has 1 N–H and O–H groups in total. The molecule has 0 bridgehead atoms. The van der Waals surface area contributed by atoms with Crippen LogP contribution in [-0.4, -0.2) is 39.6 Å². The molecule has 1 atom stereocenters. The molecule has 2 amide bonds. The molecule has 6 nitrogen and oxygen atoms in total. The molecule has 32 heavy (non-hydrogen) atoms. The molecule has 1 aromatic rings. The van der Waals surface area contributed by atoms with E-state index in [0.29, 0.717) is 18.8 Å². The molecule has 6 heteroatoms. The van der Waals surface area contributed by atoms with Gasteiger partial charge in [-0.2, -0.15) is 5.10 Å². The summed E-state index contributed by atoms with van der Waals surface area (Å²) in [6.45, 7) is 26.0. The maximum Gasteiger partial charge on any atom is 0.245 e. The van der Waals surface area contributed by atoms with E-state index in [4.69, 9.17) is 5.10 Å². The van der Waals surface area contributed by atoms with Crippen LogP contribution in [0.15, 0.2) is 6.07 Å². The van der Waals surface area contributed by atoms with Gasteiger partial charge in [-0.15, -0.1) is 0 Å². The van der Waals surface area contributed by atoms with Crippen LogP contribution in [0.25, 0.3) is 0 Å². The van der Waals surface area contributed by atoms with Crippen molar-refractivity contribution < 1.29 is 9.59 Å². The zero-order valence-corrected chi connectivity index (χ0v) is 22.7. The van der Waals surface area contributed by atoms with Gasteiger partial charge in [0, 0.05) is 24.4 Å². The molecule has 1 unspecified atom stereocenters. The van der Waals surface area contributed by atoms with Gasteiger partial charge >= 0.3 is 0 Å². The molecule has 0 aromatic carbocycles. The van der Waals surface area contributed by atoms with Gasteiger partial charge in [0.1, 0.15) is 5.82 Å². The maximum atomic E-state index is 13.1. The first kappa shape index (κ1) is 28.2. The summed E-state index contributed by atoms with van der Waals surface area (Å²) >= 11 is 0. The third-order valence-corrected chi connectivity index (χ3v) is 5.14. The number of hydrogen-bond donors (Lipinski definition) is 1. The lowest BCUT2D eigenvalue weighted by Crippen LogP contribution is -2.41. The van der Waals surface area contributed by atoms with Crippen molar-refractivity contribution in [2.75, 3.05) is 18.4 Å². The molecule has 1 rings (SSSR count). The number of nitrogens with one attached hydrogen (secondary N) is 1. The van der Waals surface area contributed by atoms with E-state index >= 15 is 0 Å². The SMILES string of the molecule is CC(C)CN(CC(=O)Nc1cc(C(C)(C)C)nn1C(C)(C)C)C(=O)CC(C)CC(C)(C)C. The number of nitrogens with zero attached hydrogens (tertiary/aromatic N) is 3. The molecule has 0 fully saturated rings. The summed E-state index contributed by atoms with van der Waals surface area (Å²) < 4.78 is 1.87. The Morgan fingerprint density at radius 2 is 1.59 bits per heavy atom. The zero-order valence-electron chi connectivity index (χ0n) is 22.7. The van der Waals surface area contributed by atoms with Crippen molar-refractivity contribution in [3.63, 3.8) is 0 Å². The third-order valence-electron chi connectivity index (χ3n) is 5.14. The van der Waals surface area contributed by atoms with Gasteiger partial charge in [0.15, 0.2) is 0 Å². The van der Waals surface area contributed by atoms with E-state index in [1.54, 1.807) is 4.90 Å². The van der Waals surface area contributed by atoms with Gasteiger partial charge in [0.25, 0.3) is 0 Å². The second-order valence-corrected chi connectivity index (χ2v) is 13.0. The molecule has 0 saturated carbocycles. The fraction of sp³-hybridized carbons (Fsp3) is 0.808. The summed E-state index contributed by atoms with van der Waals surface area (Å²) in [6.07, 6.45) is 1.44. The average molecular weight is 449 g/mol. The molecule has 184 valence electrons. The highest BCUT2D eigenvalue weighted by Crippen LogP contribution is 2.29. The van der Waals surface area contributed by atoms with Crippen molar-refractivity contribution in [3.05, 3.63) is 11.8 Å². The Labute approximate surface area is 196 Å². The number of hydrogen-bond acceptors (Lipinski definition) is 3. The normalized spacial score (nSPS) is 13.9. The summed E-state index contributed by atoms with van der Waals surface area (Å²) in [5.74, 6) is 1.10. The topological polar surface area (TPSA) is 67.2 Å². The van der Waals surface area contributed by atoms with Crippen LogP contribution in [0.1, 0.15) is 102 Å². The second kappa shape index (κ2) is 10.4. The van der Waals surface area contributed by atoms with E-state index in [1.165, 1.54) is 0 Å². The predicted octanol–water partition coefficient (Wildman–Crippen LogP) is 5.82. The van der Waals surface area contributed by atoms with Gasteiger partial charge in [0.05, 0.1) is 17.8 Å². The lowest BCUT2D eigenvalue weighted by atomic mass is 9.84. The molecule has 0 aliphatic rings. The van der Waals surface area contributed by atoms with Gasteiger partial charge in [-0.3, -0.25) is 9.59 Å². The number of aromatic nitrogens is 2. The predicted molar refractivity (Wildman–Crippen MR) is 134 cm³/mol. The minimum atomic E-state index is -0.276. The van der Waals surface area contributed by atoms with E-state index in [-0.39, 0.29) is 46.6 Å². The fourth-order valence-corrected chi connectivity index (χ4v) is 3.94. The first-order chi connectivity index (χ1) is 14.3. The van der Waals surface area contributed by atoms with E-state index in [2.05, 4.69) is 88.4 Å². The van der Waals surface area contributed by atoms with E-state index < -0.39 is 0 Å². The Bertz CT molecular complexity index is 773. The third kappa shape index (κ3) is 9.33.